The summed E-state index contributed by atoms with van der Waals surface area (Å²) in [4.78, 5) is 12.7. The number of hydrogen-bond acceptors (Lipinski definition) is 7. The third kappa shape index (κ3) is 4.42. The topological polar surface area (TPSA) is 91.2 Å². The van der Waals surface area contributed by atoms with Gasteiger partial charge in [0, 0.05) is 0 Å². The number of carbonyl (C=O) groups excluding carboxylic acids is 1. The highest BCUT2D eigenvalue weighted by Gasteiger charge is 2.20. The van der Waals surface area contributed by atoms with E-state index in [1.165, 1.54) is 11.8 Å². The summed E-state index contributed by atoms with van der Waals surface area (Å²) in [5.74, 6) is 1.18. The number of nitrogens with zero attached hydrogens (tertiary/aromatic N) is 4. The van der Waals surface area contributed by atoms with Crippen molar-refractivity contribution in [2.45, 2.75) is 24.3 Å². The number of benzene rings is 2. The predicted octanol–water partition coefficient (Wildman–Crippen LogP) is 3.11. The molecular formula is C19H21N5O3S. The highest BCUT2D eigenvalue weighted by molar-refractivity contribution is 8.00. The van der Waals surface area contributed by atoms with Gasteiger partial charge in [-0.05, 0) is 66.2 Å². The third-order valence-corrected chi connectivity index (χ3v) is 5.06. The molecule has 0 saturated carbocycles. The van der Waals surface area contributed by atoms with E-state index in [1.807, 2.05) is 49.4 Å². The lowest BCUT2D eigenvalue weighted by Crippen LogP contribution is -2.23. The van der Waals surface area contributed by atoms with Gasteiger partial charge in [-0.25, -0.2) is 0 Å². The van der Waals surface area contributed by atoms with Crippen LogP contribution in [0.1, 0.15) is 12.5 Å². The summed E-state index contributed by atoms with van der Waals surface area (Å²) in [6.45, 7) is 3.76. The molecule has 28 heavy (non-hydrogen) atoms. The fourth-order valence-electron chi connectivity index (χ4n) is 2.50. The molecule has 8 nitrogen and oxygen atoms in total. The summed E-state index contributed by atoms with van der Waals surface area (Å²) in [7, 11) is 3.18. The molecule has 0 aliphatic heterocycles. The van der Waals surface area contributed by atoms with Crippen molar-refractivity contribution in [1.82, 2.24) is 20.2 Å². The second-order valence-electron chi connectivity index (χ2n) is 6.02. The monoisotopic (exact) mass is 399 g/mol. The standard InChI is InChI=1S/C19H21N5O3S/c1-12-5-10-17(27-4)16(11-12)20-18(25)13(2)28-19-21-22-23-24(19)14-6-8-15(26-3)9-7-14/h5-11,13H,1-4H3,(H,20,25)/t13-/m0/s1. The van der Waals surface area contributed by atoms with E-state index in [0.29, 0.717) is 16.6 Å². The zero-order valence-electron chi connectivity index (χ0n) is 16.0. The van der Waals surface area contributed by atoms with Gasteiger partial charge in [0.25, 0.3) is 0 Å². The second kappa shape index (κ2) is 8.75. The van der Waals surface area contributed by atoms with Crippen molar-refractivity contribution in [2.75, 3.05) is 19.5 Å². The van der Waals surface area contributed by atoms with Crippen LogP contribution >= 0.6 is 11.8 Å². The zero-order valence-corrected chi connectivity index (χ0v) is 16.9. The first kappa shape index (κ1) is 19.7. The van der Waals surface area contributed by atoms with E-state index in [2.05, 4.69) is 20.8 Å². The quantitative estimate of drug-likeness (QED) is 0.610. The van der Waals surface area contributed by atoms with Crippen LogP contribution in [0.15, 0.2) is 47.6 Å². The summed E-state index contributed by atoms with van der Waals surface area (Å²) in [5.41, 5.74) is 2.44. The van der Waals surface area contributed by atoms with Crippen LogP contribution in [0.2, 0.25) is 0 Å². The number of aromatic nitrogens is 4. The maximum Gasteiger partial charge on any atom is 0.237 e. The predicted molar refractivity (Wildman–Crippen MR) is 107 cm³/mol. The van der Waals surface area contributed by atoms with Crippen LogP contribution in [0.25, 0.3) is 5.69 Å². The fourth-order valence-corrected chi connectivity index (χ4v) is 3.31. The third-order valence-electron chi connectivity index (χ3n) is 4.02. The van der Waals surface area contributed by atoms with E-state index in [4.69, 9.17) is 9.47 Å². The molecule has 3 aromatic rings. The Kier molecular flexibility index (Phi) is 6.15. The number of rotatable bonds is 7. The second-order valence-corrected chi connectivity index (χ2v) is 7.33. The number of aryl methyl sites for hydroxylation is 1. The lowest BCUT2D eigenvalue weighted by molar-refractivity contribution is -0.115. The molecule has 0 fully saturated rings. The van der Waals surface area contributed by atoms with Gasteiger partial charge in [-0.3, -0.25) is 4.79 Å². The zero-order chi connectivity index (χ0) is 20.1. The van der Waals surface area contributed by atoms with Crippen molar-refractivity contribution >= 4 is 23.4 Å². The number of ether oxygens (including phenoxy) is 2. The number of amides is 1. The molecule has 0 radical (unpaired) electrons. The van der Waals surface area contributed by atoms with E-state index in [1.54, 1.807) is 25.8 Å². The molecule has 1 aromatic heterocycles. The first-order valence-electron chi connectivity index (χ1n) is 8.56. The molecule has 1 N–H and O–H groups in total. The van der Waals surface area contributed by atoms with Crippen LogP contribution in [0.3, 0.4) is 0 Å². The minimum atomic E-state index is -0.423. The largest absolute Gasteiger partial charge is 0.497 e. The van der Waals surface area contributed by atoms with Crippen molar-refractivity contribution < 1.29 is 14.3 Å². The molecule has 0 bridgehead atoms. The van der Waals surface area contributed by atoms with E-state index < -0.39 is 5.25 Å². The molecule has 0 saturated heterocycles. The first-order chi connectivity index (χ1) is 13.5. The number of thioether (sulfide) groups is 1. The van der Waals surface area contributed by atoms with Crippen molar-refractivity contribution in [2.24, 2.45) is 0 Å². The maximum atomic E-state index is 12.7. The Morgan fingerprint density at radius 1 is 1.14 bits per heavy atom. The SMILES string of the molecule is COc1ccc(-n2nnnc2S[C@@H](C)C(=O)Nc2cc(C)ccc2OC)cc1. The average molecular weight is 399 g/mol. The molecule has 1 atom stereocenters. The Hall–Kier alpha value is -3.07. The molecule has 3 rings (SSSR count). The van der Waals surface area contributed by atoms with Gasteiger partial charge in [0.15, 0.2) is 0 Å². The summed E-state index contributed by atoms with van der Waals surface area (Å²) in [6.07, 6.45) is 0. The lowest BCUT2D eigenvalue weighted by atomic mass is 10.2. The number of carbonyl (C=O) groups is 1. The van der Waals surface area contributed by atoms with Gasteiger partial charge in [0.05, 0.1) is 30.8 Å². The van der Waals surface area contributed by atoms with Gasteiger partial charge >= 0.3 is 0 Å². The Balaban J connectivity index is 1.73. The fraction of sp³-hybridized carbons (Fsp3) is 0.263. The van der Waals surface area contributed by atoms with Crippen LogP contribution in [0.4, 0.5) is 5.69 Å². The highest BCUT2D eigenvalue weighted by Crippen LogP contribution is 2.28. The smallest absolute Gasteiger partial charge is 0.237 e. The molecule has 0 spiro atoms. The Morgan fingerprint density at radius 2 is 1.89 bits per heavy atom. The molecule has 1 heterocycles. The summed E-state index contributed by atoms with van der Waals surface area (Å²) >= 11 is 1.27. The molecule has 0 unspecified atom stereocenters. The number of methoxy groups -OCH3 is 2. The summed E-state index contributed by atoms with van der Waals surface area (Å²) in [5, 5.41) is 14.8. The number of nitrogens with one attached hydrogen (secondary N) is 1. The van der Waals surface area contributed by atoms with Crippen LogP contribution in [-0.4, -0.2) is 45.6 Å². The molecular weight excluding hydrogens is 378 g/mol. The molecule has 146 valence electrons. The molecule has 9 heteroatoms. The summed E-state index contributed by atoms with van der Waals surface area (Å²) in [6, 6.07) is 13.0. The average Bonchev–Trinajstić information content (AvgIpc) is 3.16. The molecule has 1 amide bonds. The Labute approximate surface area is 167 Å². The summed E-state index contributed by atoms with van der Waals surface area (Å²) < 4.78 is 12.1. The minimum Gasteiger partial charge on any atom is -0.497 e. The van der Waals surface area contributed by atoms with Gasteiger partial charge in [0.1, 0.15) is 11.5 Å². The number of tetrazole rings is 1. The van der Waals surface area contributed by atoms with Crippen LogP contribution < -0.4 is 14.8 Å². The highest BCUT2D eigenvalue weighted by atomic mass is 32.2. The lowest BCUT2D eigenvalue weighted by Gasteiger charge is -2.14. The van der Waals surface area contributed by atoms with Crippen molar-refractivity contribution in [3.63, 3.8) is 0 Å². The van der Waals surface area contributed by atoms with E-state index in [9.17, 15) is 4.79 Å². The van der Waals surface area contributed by atoms with Gasteiger partial charge in [-0.15, -0.1) is 5.10 Å². The molecule has 0 aliphatic carbocycles. The van der Waals surface area contributed by atoms with Gasteiger partial charge < -0.3 is 14.8 Å². The van der Waals surface area contributed by atoms with E-state index >= 15 is 0 Å². The van der Waals surface area contributed by atoms with E-state index in [0.717, 1.165) is 17.0 Å². The van der Waals surface area contributed by atoms with Crippen LogP contribution in [0.5, 0.6) is 11.5 Å². The van der Waals surface area contributed by atoms with Gasteiger partial charge in [0.2, 0.25) is 11.1 Å². The van der Waals surface area contributed by atoms with Crippen molar-refractivity contribution in [3.05, 3.63) is 48.0 Å². The number of anilines is 1. The maximum absolute atomic E-state index is 12.7. The van der Waals surface area contributed by atoms with Crippen LogP contribution in [-0.2, 0) is 4.79 Å². The van der Waals surface area contributed by atoms with Crippen LogP contribution in [0, 0.1) is 6.92 Å². The molecule has 0 aliphatic rings. The molecule has 2 aromatic carbocycles. The first-order valence-corrected chi connectivity index (χ1v) is 9.44. The minimum absolute atomic E-state index is 0.168. The number of hydrogen-bond donors (Lipinski definition) is 1. The Morgan fingerprint density at radius 3 is 2.57 bits per heavy atom. The van der Waals surface area contributed by atoms with Gasteiger partial charge in [-0.2, -0.15) is 4.68 Å². The van der Waals surface area contributed by atoms with Crippen molar-refractivity contribution in [1.29, 1.82) is 0 Å². The normalized spacial score (nSPS) is 11.7. The Bertz CT molecular complexity index is 958. The van der Waals surface area contributed by atoms with E-state index in [-0.39, 0.29) is 5.91 Å². The van der Waals surface area contributed by atoms with Gasteiger partial charge in [-0.1, -0.05) is 17.8 Å². The van der Waals surface area contributed by atoms with Crippen molar-refractivity contribution in [3.8, 4) is 17.2 Å².